The summed E-state index contributed by atoms with van der Waals surface area (Å²) in [6.07, 6.45) is 0. The van der Waals surface area contributed by atoms with Gasteiger partial charge in [0.2, 0.25) is 0 Å². The zero-order valence-electron chi connectivity index (χ0n) is 7.26. The Morgan fingerprint density at radius 1 is 1.57 bits per heavy atom. The SMILES string of the molecule is O=C(O)CNCc1ccc(F)c(Cl)c1. The van der Waals surface area contributed by atoms with Crippen molar-refractivity contribution in [3.63, 3.8) is 0 Å². The minimum absolute atomic E-state index is 0.0413. The van der Waals surface area contributed by atoms with Gasteiger partial charge in [-0.25, -0.2) is 4.39 Å². The lowest BCUT2D eigenvalue weighted by Crippen LogP contribution is -2.21. The van der Waals surface area contributed by atoms with Gasteiger partial charge in [-0.2, -0.15) is 0 Å². The maximum atomic E-state index is 12.7. The molecule has 1 aromatic carbocycles. The molecule has 0 aliphatic heterocycles. The van der Waals surface area contributed by atoms with Crippen LogP contribution >= 0.6 is 11.6 Å². The molecule has 14 heavy (non-hydrogen) atoms. The van der Waals surface area contributed by atoms with E-state index in [1.54, 1.807) is 6.07 Å². The molecule has 0 amide bonds. The van der Waals surface area contributed by atoms with Crippen molar-refractivity contribution >= 4 is 17.6 Å². The van der Waals surface area contributed by atoms with Gasteiger partial charge in [0.05, 0.1) is 11.6 Å². The van der Waals surface area contributed by atoms with E-state index in [1.807, 2.05) is 0 Å². The van der Waals surface area contributed by atoms with E-state index < -0.39 is 11.8 Å². The van der Waals surface area contributed by atoms with Crippen molar-refractivity contribution < 1.29 is 14.3 Å². The number of rotatable bonds is 4. The lowest BCUT2D eigenvalue weighted by molar-refractivity contribution is -0.135. The summed E-state index contributed by atoms with van der Waals surface area (Å²) < 4.78 is 12.7. The number of carbonyl (C=O) groups is 1. The van der Waals surface area contributed by atoms with Gasteiger partial charge in [0.25, 0.3) is 0 Å². The molecule has 0 heterocycles. The summed E-state index contributed by atoms with van der Waals surface area (Å²) in [5.74, 6) is -1.41. The number of hydrogen-bond donors (Lipinski definition) is 2. The van der Waals surface area contributed by atoms with Gasteiger partial charge < -0.3 is 10.4 Å². The van der Waals surface area contributed by atoms with Crippen molar-refractivity contribution in [1.29, 1.82) is 0 Å². The Balaban J connectivity index is 2.51. The maximum absolute atomic E-state index is 12.7. The van der Waals surface area contributed by atoms with Crippen molar-refractivity contribution in [1.82, 2.24) is 5.32 Å². The molecule has 76 valence electrons. The van der Waals surface area contributed by atoms with E-state index in [0.29, 0.717) is 6.54 Å². The molecule has 0 aliphatic carbocycles. The van der Waals surface area contributed by atoms with Gasteiger partial charge in [0.1, 0.15) is 5.82 Å². The smallest absolute Gasteiger partial charge is 0.317 e. The molecule has 0 saturated heterocycles. The summed E-state index contributed by atoms with van der Waals surface area (Å²) in [4.78, 5) is 10.2. The zero-order chi connectivity index (χ0) is 10.6. The molecule has 0 unspecified atom stereocenters. The van der Waals surface area contributed by atoms with Crippen molar-refractivity contribution in [3.05, 3.63) is 34.6 Å². The molecule has 3 nitrogen and oxygen atoms in total. The molecule has 0 aliphatic rings. The van der Waals surface area contributed by atoms with Crippen LogP contribution in [0.5, 0.6) is 0 Å². The molecule has 0 aromatic heterocycles. The summed E-state index contributed by atoms with van der Waals surface area (Å²) >= 11 is 5.54. The molecule has 0 fully saturated rings. The van der Waals surface area contributed by atoms with Crippen LogP contribution < -0.4 is 5.32 Å². The molecular weight excluding hydrogens is 209 g/mol. The van der Waals surface area contributed by atoms with E-state index in [4.69, 9.17) is 16.7 Å². The number of hydrogen-bond acceptors (Lipinski definition) is 2. The third kappa shape index (κ3) is 3.32. The molecule has 1 rings (SSSR count). The fraction of sp³-hybridized carbons (Fsp3) is 0.222. The number of nitrogens with one attached hydrogen (secondary N) is 1. The third-order valence-corrected chi connectivity index (χ3v) is 1.88. The number of halogens is 2. The predicted molar refractivity (Wildman–Crippen MR) is 50.8 cm³/mol. The van der Waals surface area contributed by atoms with Gasteiger partial charge in [-0.15, -0.1) is 0 Å². The highest BCUT2D eigenvalue weighted by Gasteiger charge is 2.01. The van der Waals surface area contributed by atoms with Crippen LogP contribution in [-0.2, 0) is 11.3 Å². The van der Waals surface area contributed by atoms with Crippen molar-refractivity contribution in [2.45, 2.75) is 6.54 Å². The van der Waals surface area contributed by atoms with Crippen molar-refractivity contribution in [2.75, 3.05) is 6.54 Å². The molecule has 0 radical (unpaired) electrons. The summed E-state index contributed by atoms with van der Waals surface area (Å²) in [6.45, 7) is 0.224. The Morgan fingerprint density at radius 3 is 2.86 bits per heavy atom. The van der Waals surface area contributed by atoms with Gasteiger partial charge in [-0.1, -0.05) is 17.7 Å². The number of benzene rings is 1. The molecule has 0 spiro atoms. The Morgan fingerprint density at radius 2 is 2.29 bits per heavy atom. The van der Waals surface area contributed by atoms with Gasteiger partial charge in [0, 0.05) is 6.54 Å². The van der Waals surface area contributed by atoms with E-state index in [0.717, 1.165) is 5.56 Å². The Kier molecular flexibility index (Phi) is 3.85. The number of carboxylic acids is 1. The van der Waals surface area contributed by atoms with Crippen LogP contribution in [0.15, 0.2) is 18.2 Å². The van der Waals surface area contributed by atoms with E-state index in [9.17, 15) is 9.18 Å². The molecule has 1 aromatic rings. The van der Waals surface area contributed by atoms with Crippen LogP contribution in [0.1, 0.15) is 5.56 Å². The van der Waals surface area contributed by atoms with Crippen LogP contribution in [-0.4, -0.2) is 17.6 Å². The number of carboxylic acid groups (broad SMARTS) is 1. The molecule has 0 saturated carbocycles. The second-order valence-electron chi connectivity index (χ2n) is 2.75. The highest BCUT2D eigenvalue weighted by Crippen LogP contribution is 2.15. The zero-order valence-corrected chi connectivity index (χ0v) is 8.01. The molecule has 2 N–H and O–H groups in total. The quantitative estimate of drug-likeness (QED) is 0.807. The van der Waals surface area contributed by atoms with E-state index in [1.165, 1.54) is 12.1 Å². The fourth-order valence-electron chi connectivity index (χ4n) is 0.963. The van der Waals surface area contributed by atoms with Gasteiger partial charge in [-0.05, 0) is 17.7 Å². The second kappa shape index (κ2) is 4.93. The Hall–Kier alpha value is -1.13. The molecular formula is C9H9ClFNO2. The Bertz CT molecular complexity index is 344. The van der Waals surface area contributed by atoms with E-state index in [-0.39, 0.29) is 11.6 Å². The molecule has 0 bridgehead atoms. The monoisotopic (exact) mass is 217 g/mol. The van der Waals surface area contributed by atoms with Gasteiger partial charge in [-0.3, -0.25) is 4.79 Å². The first kappa shape index (κ1) is 10.9. The fourth-order valence-corrected chi connectivity index (χ4v) is 1.17. The first-order valence-corrected chi connectivity index (χ1v) is 4.34. The summed E-state index contributed by atoms with van der Waals surface area (Å²) in [6, 6.07) is 4.27. The average Bonchev–Trinajstić information content (AvgIpc) is 2.10. The largest absolute Gasteiger partial charge is 0.480 e. The number of aliphatic carboxylic acids is 1. The Labute approximate surface area is 85.5 Å². The molecule has 0 atom stereocenters. The second-order valence-corrected chi connectivity index (χ2v) is 3.15. The summed E-state index contributed by atoms with van der Waals surface area (Å²) in [7, 11) is 0. The van der Waals surface area contributed by atoms with E-state index >= 15 is 0 Å². The first-order valence-electron chi connectivity index (χ1n) is 3.96. The topological polar surface area (TPSA) is 49.3 Å². The summed E-state index contributed by atoms with van der Waals surface area (Å²) in [5.41, 5.74) is 0.748. The lowest BCUT2D eigenvalue weighted by Gasteiger charge is -2.02. The van der Waals surface area contributed by atoms with Crippen LogP contribution in [0.25, 0.3) is 0 Å². The van der Waals surface area contributed by atoms with Crippen molar-refractivity contribution in [2.24, 2.45) is 0 Å². The normalized spacial score (nSPS) is 10.1. The van der Waals surface area contributed by atoms with Crippen LogP contribution in [0, 0.1) is 5.82 Å². The highest BCUT2D eigenvalue weighted by molar-refractivity contribution is 6.30. The lowest BCUT2D eigenvalue weighted by atomic mass is 10.2. The first-order chi connectivity index (χ1) is 6.59. The van der Waals surface area contributed by atoms with Crippen LogP contribution in [0.4, 0.5) is 4.39 Å². The van der Waals surface area contributed by atoms with E-state index in [2.05, 4.69) is 5.32 Å². The predicted octanol–water partition coefficient (Wildman–Crippen LogP) is 1.65. The van der Waals surface area contributed by atoms with Crippen LogP contribution in [0.2, 0.25) is 5.02 Å². The standard InChI is InChI=1S/C9H9ClFNO2/c10-7-3-6(1-2-8(7)11)4-12-5-9(13)14/h1-3,12H,4-5H2,(H,13,14). The minimum Gasteiger partial charge on any atom is -0.480 e. The van der Waals surface area contributed by atoms with Crippen molar-refractivity contribution in [3.8, 4) is 0 Å². The van der Waals surface area contributed by atoms with Crippen LogP contribution in [0.3, 0.4) is 0 Å². The average molecular weight is 218 g/mol. The molecule has 5 heteroatoms. The van der Waals surface area contributed by atoms with Gasteiger partial charge in [0.15, 0.2) is 0 Å². The third-order valence-electron chi connectivity index (χ3n) is 1.59. The maximum Gasteiger partial charge on any atom is 0.317 e. The highest BCUT2D eigenvalue weighted by atomic mass is 35.5. The minimum atomic E-state index is -0.932. The van der Waals surface area contributed by atoms with Gasteiger partial charge >= 0.3 is 5.97 Å². The summed E-state index contributed by atoms with van der Waals surface area (Å²) in [5, 5.41) is 11.1.